The van der Waals surface area contributed by atoms with Crippen LogP contribution in [-0.4, -0.2) is 22.4 Å². The Morgan fingerprint density at radius 3 is 2.56 bits per heavy atom. The van der Waals surface area contributed by atoms with Gasteiger partial charge in [0, 0.05) is 29.1 Å². The van der Waals surface area contributed by atoms with E-state index in [1.165, 1.54) is 5.56 Å². The number of thiocarbonyl (C=S) groups is 1. The van der Waals surface area contributed by atoms with Crippen molar-refractivity contribution in [3.8, 4) is 11.1 Å². The van der Waals surface area contributed by atoms with Crippen LogP contribution in [0, 0.1) is 6.92 Å². The van der Waals surface area contributed by atoms with Crippen molar-refractivity contribution in [2.24, 2.45) is 0 Å². The van der Waals surface area contributed by atoms with Crippen LogP contribution in [0.2, 0.25) is 0 Å². The molecule has 0 aliphatic heterocycles. The number of anilines is 1. The molecule has 0 bridgehead atoms. The highest BCUT2D eigenvalue weighted by molar-refractivity contribution is 7.80. The fraction of sp³-hybridized carbons (Fsp3) is 0.393. The Kier molecular flexibility index (Phi) is 10.2. The van der Waals surface area contributed by atoms with Crippen LogP contribution in [0.4, 0.5) is 5.69 Å². The molecule has 2 aromatic carbocycles. The molecule has 0 spiro atoms. The molecule has 1 unspecified atom stereocenters. The summed E-state index contributed by atoms with van der Waals surface area (Å²) in [5.41, 5.74) is 4.57. The van der Waals surface area contributed by atoms with Crippen molar-refractivity contribution < 1.29 is 4.79 Å². The maximum Gasteiger partial charge on any atom is 0.275 e. The average Bonchev–Trinajstić information content (AvgIpc) is 3.33. The van der Waals surface area contributed by atoms with Gasteiger partial charge in [-0.05, 0) is 50.7 Å². The summed E-state index contributed by atoms with van der Waals surface area (Å²) < 4.78 is 0. The molecular formula is C28H35N3OS2. The molecular weight excluding hydrogens is 458 g/mol. The monoisotopic (exact) mass is 493 g/mol. The summed E-state index contributed by atoms with van der Waals surface area (Å²) in [5, 5.41) is 9.32. The minimum Gasteiger partial charge on any atom is -0.380 e. The Balaban J connectivity index is 1.66. The third-order valence-corrected chi connectivity index (χ3v) is 7.16. The lowest BCUT2D eigenvalue weighted by Gasteiger charge is -2.14. The number of aromatic nitrogens is 1. The number of hydrogen-bond donors (Lipinski definition) is 2. The van der Waals surface area contributed by atoms with Crippen molar-refractivity contribution in [1.29, 1.82) is 0 Å². The first-order chi connectivity index (χ1) is 16.5. The van der Waals surface area contributed by atoms with E-state index in [9.17, 15) is 4.79 Å². The number of hydrogen-bond acceptors (Lipinski definition) is 4. The van der Waals surface area contributed by atoms with Gasteiger partial charge < -0.3 is 10.6 Å². The summed E-state index contributed by atoms with van der Waals surface area (Å²) in [7, 11) is 0. The van der Waals surface area contributed by atoms with Crippen molar-refractivity contribution in [2.45, 2.75) is 65.2 Å². The Morgan fingerprint density at radius 1 is 1.06 bits per heavy atom. The summed E-state index contributed by atoms with van der Waals surface area (Å²) in [6, 6.07) is 16.2. The molecule has 0 fully saturated rings. The molecule has 3 aromatic rings. The molecule has 2 N–H and O–H groups in total. The van der Waals surface area contributed by atoms with Crippen molar-refractivity contribution in [3.63, 3.8) is 0 Å². The van der Waals surface area contributed by atoms with Gasteiger partial charge in [0.1, 0.15) is 5.69 Å². The number of aryl methyl sites for hydroxylation is 1. The zero-order chi connectivity index (χ0) is 24.3. The van der Waals surface area contributed by atoms with Crippen molar-refractivity contribution in [2.75, 3.05) is 11.9 Å². The Hall–Kier alpha value is -2.57. The molecule has 4 nitrogen and oxygen atoms in total. The van der Waals surface area contributed by atoms with E-state index in [1.807, 2.05) is 29.6 Å². The second-order valence-corrected chi connectivity index (χ2v) is 10.0. The van der Waals surface area contributed by atoms with Gasteiger partial charge in [-0.3, -0.25) is 4.79 Å². The Labute approximate surface area is 213 Å². The summed E-state index contributed by atoms with van der Waals surface area (Å²) in [4.78, 5) is 18.7. The second kappa shape index (κ2) is 13.4. The highest BCUT2D eigenvalue weighted by Gasteiger charge is 2.19. The molecule has 1 atom stereocenters. The van der Waals surface area contributed by atoms with Gasteiger partial charge in [0.25, 0.3) is 5.91 Å². The van der Waals surface area contributed by atoms with Crippen LogP contribution in [-0.2, 0) is 0 Å². The number of benzene rings is 2. The zero-order valence-corrected chi connectivity index (χ0v) is 22.0. The number of thiazole rings is 1. The van der Waals surface area contributed by atoms with Crippen LogP contribution in [0.1, 0.15) is 79.3 Å². The van der Waals surface area contributed by atoms with E-state index in [0.717, 1.165) is 71.9 Å². The average molecular weight is 494 g/mol. The number of nitrogens with one attached hydrogen (secondary N) is 2. The largest absolute Gasteiger partial charge is 0.380 e. The number of carbonyl (C=O) groups excluding carboxylic acids is 1. The van der Waals surface area contributed by atoms with Crippen LogP contribution in [0.15, 0.2) is 53.9 Å². The number of nitrogens with zero attached hydrogens (tertiary/aromatic N) is 1. The maximum atomic E-state index is 13.1. The summed E-state index contributed by atoms with van der Waals surface area (Å²) in [5.74, 6) is 0.202. The van der Waals surface area contributed by atoms with Crippen molar-refractivity contribution >= 4 is 40.1 Å². The first-order valence-electron chi connectivity index (χ1n) is 12.2. The first kappa shape index (κ1) is 26.0. The second-order valence-electron chi connectivity index (χ2n) is 8.66. The number of para-hydroxylation sites is 1. The molecule has 6 heteroatoms. The van der Waals surface area contributed by atoms with E-state index in [0.29, 0.717) is 11.6 Å². The van der Waals surface area contributed by atoms with Crippen LogP contribution < -0.4 is 10.6 Å². The number of carbonyl (C=O) groups is 1. The molecule has 3 rings (SSSR count). The molecule has 0 aliphatic rings. The lowest BCUT2D eigenvalue weighted by Crippen LogP contribution is -2.21. The molecule has 180 valence electrons. The van der Waals surface area contributed by atoms with Crippen molar-refractivity contribution in [1.82, 2.24) is 10.3 Å². The standard InChI is InChI=1S/C28H35N3OS2/c1-4-9-22(10-8-13-26(33)29-18-5-2)28-31-25(19-34-28)27(32)30-24-12-7-6-11-23(24)21-16-14-20(3)15-17-21/h6-7,11-12,14-17,19,22H,4-5,8-10,13,18H2,1-3H3,(H,29,33)(H,30,32). The predicted molar refractivity (Wildman–Crippen MR) is 149 cm³/mol. The van der Waals surface area contributed by atoms with Gasteiger partial charge in [-0.1, -0.05) is 80.5 Å². The molecule has 0 saturated heterocycles. The van der Waals surface area contributed by atoms with E-state index < -0.39 is 0 Å². The van der Waals surface area contributed by atoms with Gasteiger partial charge in [0.05, 0.1) is 10.00 Å². The van der Waals surface area contributed by atoms with Crippen LogP contribution in [0.25, 0.3) is 11.1 Å². The molecule has 0 saturated carbocycles. The van der Waals surface area contributed by atoms with E-state index in [1.54, 1.807) is 11.3 Å². The highest BCUT2D eigenvalue weighted by Crippen LogP contribution is 2.31. The Morgan fingerprint density at radius 2 is 1.82 bits per heavy atom. The van der Waals surface area contributed by atoms with E-state index in [-0.39, 0.29) is 5.91 Å². The molecule has 34 heavy (non-hydrogen) atoms. The zero-order valence-electron chi connectivity index (χ0n) is 20.4. The molecule has 0 aliphatic carbocycles. The first-order valence-corrected chi connectivity index (χ1v) is 13.5. The third kappa shape index (κ3) is 7.47. The van der Waals surface area contributed by atoms with Gasteiger partial charge in [0.15, 0.2) is 0 Å². The van der Waals surface area contributed by atoms with Gasteiger partial charge in [-0.15, -0.1) is 11.3 Å². The SMILES string of the molecule is CCCNC(=S)CCCC(CCC)c1nc(C(=O)Nc2ccccc2-c2ccc(C)cc2)cs1. The normalized spacial score (nSPS) is 11.7. The summed E-state index contributed by atoms with van der Waals surface area (Å²) in [6.45, 7) is 7.35. The fourth-order valence-electron chi connectivity index (χ4n) is 3.94. The van der Waals surface area contributed by atoms with E-state index in [4.69, 9.17) is 17.2 Å². The van der Waals surface area contributed by atoms with Crippen molar-refractivity contribution in [3.05, 3.63) is 70.2 Å². The van der Waals surface area contributed by atoms with Gasteiger partial charge >= 0.3 is 0 Å². The minimum atomic E-state index is -0.165. The topological polar surface area (TPSA) is 54.0 Å². The smallest absolute Gasteiger partial charge is 0.275 e. The van der Waals surface area contributed by atoms with E-state index in [2.05, 4.69) is 55.7 Å². The fourth-order valence-corrected chi connectivity index (χ4v) is 5.16. The van der Waals surface area contributed by atoms with Gasteiger partial charge in [-0.25, -0.2) is 4.98 Å². The lowest BCUT2D eigenvalue weighted by atomic mass is 9.97. The highest BCUT2D eigenvalue weighted by atomic mass is 32.1. The third-order valence-electron chi connectivity index (χ3n) is 5.81. The minimum absolute atomic E-state index is 0.165. The number of amides is 1. The van der Waals surface area contributed by atoms with Crippen LogP contribution in [0.3, 0.4) is 0 Å². The van der Waals surface area contributed by atoms with Crippen LogP contribution >= 0.6 is 23.6 Å². The number of rotatable bonds is 12. The van der Waals surface area contributed by atoms with E-state index >= 15 is 0 Å². The predicted octanol–water partition coefficient (Wildman–Crippen LogP) is 7.75. The van der Waals surface area contributed by atoms with Crippen LogP contribution in [0.5, 0.6) is 0 Å². The Bertz CT molecular complexity index is 1080. The summed E-state index contributed by atoms with van der Waals surface area (Å²) >= 11 is 7.02. The molecule has 0 radical (unpaired) electrons. The maximum absolute atomic E-state index is 13.1. The quantitative estimate of drug-likeness (QED) is 0.253. The molecule has 1 aromatic heterocycles. The van der Waals surface area contributed by atoms with Gasteiger partial charge in [0.2, 0.25) is 0 Å². The molecule has 1 heterocycles. The summed E-state index contributed by atoms with van der Waals surface area (Å²) in [6.07, 6.45) is 6.22. The molecule has 1 amide bonds. The van der Waals surface area contributed by atoms with Gasteiger partial charge in [-0.2, -0.15) is 0 Å². The lowest BCUT2D eigenvalue weighted by molar-refractivity contribution is 0.102.